The molecule has 0 bridgehead atoms. The summed E-state index contributed by atoms with van der Waals surface area (Å²) in [6.07, 6.45) is 3.51. The molecule has 3 aromatic rings. The summed E-state index contributed by atoms with van der Waals surface area (Å²) < 4.78 is 5.33. The summed E-state index contributed by atoms with van der Waals surface area (Å²) in [4.78, 5) is 68.3. The normalized spacial score (nSPS) is 14.1. The average molecular weight is 607 g/mol. The van der Waals surface area contributed by atoms with Crippen LogP contribution in [0.3, 0.4) is 0 Å². The van der Waals surface area contributed by atoms with Crippen LogP contribution in [0.1, 0.15) is 66.3 Å². The van der Waals surface area contributed by atoms with E-state index in [-0.39, 0.29) is 41.7 Å². The first-order valence-electron chi connectivity index (χ1n) is 14.4. The average Bonchev–Trinajstić information content (AvgIpc) is 3.49. The molecule has 11 heteroatoms. The lowest BCUT2D eigenvalue weighted by Gasteiger charge is -2.23. The summed E-state index contributed by atoms with van der Waals surface area (Å²) >= 11 is 0.887. The minimum absolute atomic E-state index is 0.129. The number of carbonyl (C=O) groups is 5. The van der Waals surface area contributed by atoms with Gasteiger partial charge in [-0.15, -0.1) is 0 Å². The Kier molecular flexibility index (Phi) is 10.6. The number of methoxy groups -OCH3 is 1. The van der Waals surface area contributed by atoms with E-state index < -0.39 is 17.2 Å². The number of aromatic nitrogens is 1. The zero-order valence-corrected chi connectivity index (χ0v) is 25.7. The lowest BCUT2D eigenvalue weighted by atomic mass is 10.0. The number of amides is 4. The van der Waals surface area contributed by atoms with Gasteiger partial charge in [-0.2, -0.15) is 0 Å². The first kappa shape index (κ1) is 31.8. The van der Waals surface area contributed by atoms with Crippen molar-refractivity contribution in [2.24, 2.45) is 5.92 Å². The molecule has 1 aromatic heterocycles. The van der Waals surface area contributed by atoms with Gasteiger partial charge in [-0.25, -0.2) is 0 Å². The maximum atomic E-state index is 13.3. The molecule has 1 aliphatic rings. The molecule has 0 aliphatic carbocycles. The quantitative estimate of drug-likeness (QED) is 0.235. The number of nitrogens with zero attached hydrogens (tertiary/aromatic N) is 1. The van der Waals surface area contributed by atoms with Gasteiger partial charge in [-0.1, -0.05) is 37.7 Å². The van der Waals surface area contributed by atoms with E-state index in [4.69, 9.17) is 4.74 Å². The molecule has 2 heterocycles. The van der Waals surface area contributed by atoms with Crippen LogP contribution in [0.4, 0.5) is 0 Å². The molecular weight excluding hydrogens is 568 g/mol. The van der Waals surface area contributed by atoms with Crippen LogP contribution in [0.2, 0.25) is 0 Å². The Morgan fingerprint density at radius 3 is 2.35 bits per heavy atom. The Hall–Kier alpha value is -4.12. The number of nitrogens with one attached hydrogen (secondary N) is 3. The Labute approximate surface area is 255 Å². The van der Waals surface area contributed by atoms with Crippen molar-refractivity contribution in [1.82, 2.24) is 20.5 Å². The Balaban J connectivity index is 1.34. The van der Waals surface area contributed by atoms with Gasteiger partial charge >= 0.3 is 0 Å². The molecule has 3 N–H and O–H groups in total. The minimum Gasteiger partial charge on any atom is -0.497 e. The number of ether oxygens (including phenoxy) is 1. The molecule has 43 heavy (non-hydrogen) atoms. The SMILES string of the molecule is COc1ccc2[nH]cc(CCNC(=O)[C@H](CC(C)C)NC(=O)C(CCCN3C(=O)c4ccccc4C3=O)SC(C)=O)c2c1. The fourth-order valence-electron chi connectivity index (χ4n) is 5.22. The summed E-state index contributed by atoms with van der Waals surface area (Å²) in [6.45, 7) is 5.82. The largest absolute Gasteiger partial charge is 0.497 e. The highest BCUT2D eigenvalue weighted by atomic mass is 32.2. The molecule has 10 nitrogen and oxygen atoms in total. The number of H-pyrrole nitrogens is 1. The van der Waals surface area contributed by atoms with E-state index in [0.717, 1.165) is 34.0 Å². The van der Waals surface area contributed by atoms with Crippen LogP contribution in [0.25, 0.3) is 10.9 Å². The zero-order chi connectivity index (χ0) is 31.1. The van der Waals surface area contributed by atoms with Gasteiger partial charge in [0.25, 0.3) is 11.8 Å². The molecule has 4 amide bonds. The van der Waals surface area contributed by atoms with E-state index in [2.05, 4.69) is 15.6 Å². The second-order valence-corrected chi connectivity index (χ2v) is 12.4. The smallest absolute Gasteiger partial charge is 0.261 e. The molecule has 1 unspecified atom stereocenters. The fraction of sp³-hybridized carbons (Fsp3) is 0.406. The van der Waals surface area contributed by atoms with Gasteiger partial charge < -0.3 is 20.4 Å². The maximum Gasteiger partial charge on any atom is 0.261 e. The highest BCUT2D eigenvalue weighted by Gasteiger charge is 2.35. The van der Waals surface area contributed by atoms with Crippen LogP contribution >= 0.6 is 11.8 Å². The van der Waals surface area contributed by atoms with Crippen molar-refractivity contribution in [2.75, 3.05) is 20.2 Å². The molecule has 4 rings (SSSR count). The molecule has 228 valence electrons. The molecule has 0 saturated carbocycles. The highest BCUT2D eigenvalue weighted by molar-refractivity contribution is 8.14. The van der Waals surface area contributed by atoms with Crippen molar-refractivity contribution >= 4 is 51.4 Å². The van der Waals surface area contributed by atoms with Gasteiger partial charge in [0.1, 0.15) is 11.8 Å². The predicted octanol–water partition coefficient (Wildman–Crippen LogP) is 4.09. The molecule has 0 saturated heterocycles. The van der Waals surface area contributed by atoms with Crippen LogP contribution in [0.15, 0.2) is 48.7 Å². The van der Waals surface area contributed by atoms with Gasteiger partial charge in [0.15, 0.2) is 5.12 Å². The number of fused-ring (bicyclic) bond motifs is 2. The molecular formula is C32H38N4O6S. The van der Waals surface area contributed by atoms with Crippen LogP contribution < -0.4 is 15.4 Å². The molecule has 0 radical (unpaired) electrons. The lowest BCUT2D eigenvalue weighted by Crippen LogP contribution is -2.50. The Morgan fingerprint density at radius 1 is 1.02 bits per heavy atom. The number of aromatic amines is 1. The van der Waals surface area contributed by atoms with Crippen LogP contribution in [-0.2, 0) is 20.8 Å². The van der Waals surface area contributed by atoms with Crippen LogP contribution in [0.5, 0.6) is 5.75 Å². The number of carbonyl (C=O) groups excluding carboxylic acids is 5. The van der Waals surface area contributed by atoms with E-state index >= 15 is 0 Å². The van der Waals surface area contributed by atoms with Crippen LogP contribution in [-0.4, -0.2) is 70.1 Å². The third-order valence-corrected chi connectivity index (χ3v) is 8.40. The van der Waals surface area contributed by atoms with Gasteiger partial charge in [0, 0.05) is 37.1 Å². The Bertz CT molecular complexity index is 1480. The highest BCUT2D eigenvalue weighted by Crippen LogP contribution is 2.25. The third kappa shape index (κ3) is 7.84. The Morgan fingerprint density at radius 2 is 1.72 bits per heavy atom. The number of rotatable bonds is 14. The molecule has 2 aromatic carbocycles. The van der Waals surface area contributed by atoms with Crippen molar-refractivity contribution in [3.63, 3.8) is 0 Å². The van der Waals surface area contributed by atoms with Crippen molar-refractivity contribution < 1.29 is 28.7 Å². The summed E-state index contributed by atoms with van der Waals surface area (Å²) in [5.74, 6) is -0.560. The van der Waals surface area contributed by atoms with Crippen molar-refractivity contribution in [3.8, 4) is 5.75 Å². The number of hydrogen-bond donors (Lipinski definition) is 3. The second-order valence-electron chi connectivity index (χ2n) is 11.0. The summed E-state index contributed by atoms with van der Waals surface area (Å²) in [5, 5.41) is 5.82. The van der Waals surface area contributed by atoms with Gasteiger partial charge in [0.2, 0.25) is 11.8 Å². The van der Waals surface area contributed by atoms with Gasteiger partial charge in [-0.05, 0) is 67.5 Å². The van der Waals surface area contributed by atoms with Crippen molar-refractivity contribution in [1.29, 1.82) is 0 Å². The molecule has 1 aliphatic heterocycles. The number of imide groups is 1. The first-order valence-corrected chi connectivity index (χ1v) is 15.3. The molecule has 0 spiro atoms. The lowest BCUT2D eigenvalue weighted by molar-refractivity contribution is -0.129. The third-order valence-electron chi connectivity index (χ3n) is 7.34. The molecule has 2 atom stereocenters. The van der Waals surface area contributed by atoms with Gasteiger partial charge in [-0.3, -0.25) is 28.9 Å². The van der Waals surface area contributed by atoms with Crippen molar-refractivity contribution in [3.05, 3.63) is 65.4 Å². The van der Waals surface area contributed by atoms with E-state index in [1.54, 1.807) is 31.4 Å². The summed E-state index contributed by atoms with van der Waals surface area (Å²) in [5.41, 5.74) is 2.75. The number of hydrogen-bond acceptors (Lipinski definition) is 7. The minimum atomic E-state index is -0.776. The van der Waals surface area contributed by atoms with Crippen molar-refractivity contribution in [2.45, 2.75) is 57.7 Å². The standard InChI is InChI=1S/C32H38N4O6S/c1-19(2)16-27(29(38)33-14-13-21-18-34-26-12-11-22(42-4)17-25(21)26)35-30(39)28(43-20(3)37)10-7-15-36-31(40)23-8-5-6-9-24(23)32(36)41/h5-6,8-9,11-12,17-19,27-28,34H,7,10,13-16H2,1-4H3,(H,33,38)(H,35,39)/t27-,28?/m0/s1. The maximum absolute atomic E-state index is 13.3. The van der Waals surface area contributed by atoms with E-state index in [0.29, 0.717) is 36.9 Å². The van der Waals surface area contributed by atoms with E-state index in [1.165, 1.54) is 11.8 Å². The van der Waals surface area contributed by atoms with Gasteiger partial charge in [0.05, 0.1) is 23.5 Å². The fourth-order valence-corrected chi connectivity index (χ4v) is 6.08. The second kappa shape index (κ2) is 14.4. The zero-order valence-electron chi connectivity index (χ0n) is 24.9. The summed E-state index contributed by atoms with van der Waals surface area (Å²) in [7, 11) is 1.62. The predicted molar refractivity (Wildman–Crippen MR) is 166 cm³/mol. The monoisotopic (exact) mass is 606 g/mol. The number of thioether (sulfide) groups is 1. The topological polar surface area (TPSA) is 138 Å². The number of benzene rings is 2. The molecule has 0 fully saturated rings. The first-order chi connectivity index (χ1) is 20.6. The van der Waals surface area contributed by atoms with E-state index in [9.17, 15) is 24.0 Å². The van der Waals surface area contributed by atoms with Crippen LogP contribution in [0, 0.1) is 5.92 Å². The summed E-state index contributed by atoms with van der Waals surface area (Å²) in [6, 6.07) is 11.7. The van der Waals surface area contributed by atoms with E-state index in [1.807, 2.05) is 38.2 Å².